The number of carbonyl (C=O) groups is 2. The van der Waals surface area contributed by atoms with Gasteiger partial charge in [-0.25, -0.2) is 0 Å². The van der Waals surface area contributed by atoms with E-state index in [-0.39, 0.29) is 5.78 Å². The van der Waals surface area contributed by atoms with E-state index in [4.69, 9.17) is 5.11 Å². The molecular formula is C17H18O3. The number of hydrogen-bond acceptors (Lipinski definition) is 2. The van der Waals surface area contributed by atoms with Gasteiger partial charge in [0, 0.05) is 5.56 Å². The molecule has 1 aromatic carbocycles. The minimum atomic E-state index is -0.907. The predicted octanol–water partition coefficient (Wildman–Crippen LogP) is 3.75. The second-order valence-corrected chi connectivity index (χ2v) is 4.48. The van der Waals surface area contributed by atoms with Gasteiger partial charge in [0.05, 0.1) is 5.92 Å². The molecule has 20 heavy (non-hydrogen) atoms. The van der Waals surface area contributed by atoms with Crippen LogP contribution in [0.5, 0.6) is 0 Å². The number of allylic oxidation sites excluding steroid dienone is 5. The third-order valence-corrected chi connectivity index (χ3v) is 2.97. The first-order valence-electron chi connectivity index (χ1n) is 6.30. The van der Waals surface area contributed by atoms with Crippen molar-refractivity contribution in [1.82, 2.24) is 0 Å². The summed E-state index contributed by atoms with van der Waals surface area (Å²) in [5.41, 5.74) is 1.71. The van der Waals surface area contributed by atoms with Crippen LogP contribution in [0.25, 0.3) is 0 Å². The van der Waals surface area contributed by atoms with Crippen LogP contribution in [0.15, 0.2) is 60.7 Å². The molecule has 3 heteroatoms. The van der Waals surface area contributed by atoms with Crippen molar-refractivity contribution >= 4 is 11.8 Å². The van der Waals surface area contributed by atoms with Crippen molar-refractivity contribution in [3.05, 3.63) is 71.8 Å². The normalized spacial score (nSPS) is 13.2. The van der Waals surface area contributed by atoms with Gasteiger partial charge in [-0.15, -0.1) is 0 Å². The van der Waals surface area contributed by atoms with E-state index in [0.717, 1.165) is 0 Å². The molecule has 1 unspecified atom stereocenters. The van der Waals surface area contributed by atoms with Crippen molar-refractivity contribution in [1.29, 1.82) is 0 Å². The van der Waals surface area contributed by atoms with Crippen molar-refractivity contribution in [2.75, 3.05) is 0 Å². The topological polar surface area (TPSA) is 54.4 Å². The number of carbonyl (C=O) groups excluding carboxylic acids is 1. The molecule has 0 aromatic heterocycles. The van der Waals surface area contributed by atoms with Crippen LogP contribution < -0.4 is 0 Å². The molecule has 0 aliphatic rings. The minimum Gasteiger partial charge on any atom is -0.481 e. The first-order chi connectivity index (χ1) is 9.47. The zero-order valence-corrected chi connectivity index (χ0v) is 11.7. The highest BCUT2D eigenvalue weighted by Crippen LogP contribution is 2.18. The van der Waals surface area contributed by atoms with E-state index < -0.39 is 11.9 Å². The Labute approximate surface area is 118 Å². The monoisotopic (exact) mass is 270 g/mol. The lowest BCUT2D eigenvalue weighted by atomic mass is 9.96. The fourth-order valence-corrected chi connectivity index (χ4v) is 1.67. The summed E-state index contributed by atoms with van der Waals surface area (Å²) in [6.07, 6.45) is 6.81. The molecule has 0 saturated carbocycles. The fraction of sp³-hybridized carbons (Fsp3) is 0.176. The molecule has 1 N–H and O–H groups in total. The van der Waals surface area contributed by atoms with Gasteiger partial charge >= 0.3 is 5.97 Å². The van der Waals surface area contributed by atoms with Crippen LogP contribution in [0, 0.1) is 0 Å². The molecule has 0 bridgehead atoms. The average Bonchev–Trinajstić information content (AvgIpc) is 2.45. The van der Waals surface area contributed by atoms with Crippen LogP contribution in [0.4, 0.5) is 0 Å². The number of Topliss-reactive ketones (excluding diaryl/α,β-unsaturated/α-hetero) is 1. The summed E-state index contributed by atoms with van der Waals surface area (Å²) in [5, 5.41) is 9.00. The Morgan fingerprint density at radius 1 is 1.30 bits per heavy atom. The second kappa shape index (κ2) is 7.24. The standard InChI is InChI=1S/C17H18O3/c1-4-5-6-8-12(2)16(18)15-10-7-9-14(11-15)13(3)17(19)20/h4-11,13H,1H2,2-3H3,(H,19,20)/b6-5-,12-8+. The smallest absolute Gasteiger partial charge is 0.310 e. The van der Waals surface area contributed by atoms with Gasteiger partial charge in [0.2, 0.25) is 0 Å². The molecule has 0 fully saturated rings. The summed E-state index contributed by atoms with van der Waals surface area (Å²) in [6.45, 7) is 6.88. The van der Waals surface area contributed by atoms with E-state index in [2.05, 4.69) is 6.58 Å². The van der Waals surface area contributed by atoms with E-state index in [1.807, 2.05) is 0 Å². The van der Waals surface area contributed by atoms with Gasteiger partial charge in [-0.1, -0.05) is 49.1 Å². The van der Waals surface area contributed by atoms with Gasteiger partial charge in [0.15, 0.2) is 5.78 Å². The molecule has 0 saturated heterocycles. The van der Waals surface area contributed by atoms with Gasteiger partial charge < -0.3 is 5.11 Å². The Kier molecular flexibility index (Phi) is 5.66. The zero-order chi connectivity index (χ0) is 15.1. The quantitative estimate of drug-likeness (QED) is 0.486. The number of carboxylic acids is 1. The molecule has 104 valence electrons. The summed E-state index contributed by atoms with van der Waals surface area (Å²) < 4.78 is 0. The van der Waals surface area contributed by atoms with E-state index in [1.165, 1.54) is 0 Å². The molecule has 0 radical (unpaired) electrons. The number of ketones is 1. The van der Waals surface area contributed by atoms with Crippen LogP contribution in [-0.2, 0) is 4.79 Å². The Bertz CT molecular complexity index is 580. The Morgan fingerprint density at radius 2 is 2.00 bits per heavy atom. The molecule has 0 heterocycles. The van der Waals surface area contributed by atoms with Crippen molar-refractivity contribution in [3.63, 3.8) is 0 Å². The van der Waals surface area contributed by atoms with Crippen LogP contribution in [0.3, 0.4) is 0 Å². The van der Waals surface area contributed by atoms with Gasteiger partial charge in [-0.3, -0.25) is 9.59 Å². The van der Waals surface area contributed by atoms with E-state index in [9.17, 15) is 9.59 Å². The highest BCUT2D eigenvalue weighted by Gasteiger charge is 2.15. The molecule has 1 rings (SSSR count). The number of hydrogen-bond donors (Lipinski definition) is 1. The first-order valence-corrected chi connectivity index (χ1v) is 6.30. The number of rotatable bonds is 6. The van der Waals surface area contributed by atoms with Crippen molar-refractivity contribution in [3.8, 4) is 0 Å². The summed E-state index contributed by atoms with van der Waals surface area (Å²) >= 11 is 0. The van der Waals surface area contributed by atoms with Crippen molar-refractivity contribution in [2.24, 2.45) is 0 Å². The minimum absolute atomic E-state index is 0.113. The number of carboxylic acid groups (broad SMARTS) is 1. The summed E-state index contributed by atoms with van der Waals surface area (Å²) in [7, 11) is 0. The van der Waals surface area contributed by atoms with Crippen molar-refractivity contribution in [2.45, 2.75) is 19.8 Å². The lowest BCUT2D eigenvalue weighted by Crippen LogP contribution is -2.09. The van der Waals surface area contributed by atoms with E-state index >= 15 is 0 Å². The number of benzene rings is 1. The van der Waals surface area contributed by atoms with Gasteiger partial charge in [-0.2, -0.15) is 0 Å². The van der Waals surface area contributed by atoms with Crippen LogP contribution in [0.1, 0.15) is 35.7 Å². The van der Waals surface area contributed by atoms with Crippen molar-refractivity contribution < 1.29 is 14.7 Å². The Morgan fingerprint density at radius 3 is 2.60 bits per heavy atom. The first kappa shape index (κ1) is 15.6. The van der Waals surface area contributed by atoms with Gasteiger partial charge in [-0.05, 0) is 31.1 Å². The molecule has 0 spiro atoms. The zero-order valence-electron chi connectivity index (χ0n) is 11.7. The molecule has 3 nitrogen and oxygen atoms in total. The highest BCUT2D eigenvalue weighted by molar-refractivity contribution is 6.08. The summed E-state index contributed by atoms with van der Waals surface area (Å²) in [5.74, 6) is -1.65. The maximum absolute atomic E-state index is 12.2. The Balaban J connectivity index is 3.03. The fourth-order valence-electron chi connectivity index (χ4n) is 1.67. The molecule has 1 atom stereocenters. The third-order valence-electron chi connectivity index (χ3n) is 2.97. The molecule has 0 aliphatic heterocycles. The molecule has 0 aliphatic carbocycles. The maximum Gasteiger partial charge on any atom is 0.310 e. The Hall–Kier alpha value is -2.42. The molecule has 0 amide bonds. The van der Waals surface area contributed by atoms with Crippen LogP contribution in [-0.4, -0.2) is 16.9 Å². The SMILES string of the molecule is C=C/C=C\C=C(/C)C(=O)c1cccc(C(C)C(=O)O)c1. The maximum atomic E-state index is 12.2. The largest absolute Gasteiger partial charge is 0.481 e. The summed E-state index contributed by atoms with van der Waals surface area (Å²) in [4.78, 5) is 23.2. The van der Waals surface area contributed by atoms with Gasteiger partial charge in [0.25, 0.3) is 0 Å². The lowest BCUT2D eigenvalue weighted by molar-refractivity contribution is -0.138. The van der Waals surface area contributed by atoms with Gasteiger partial charge in [0.1, 0.15) is 0 Å². The highest BCUT2D eigenvalue weighted by atomic mass is 16.4. The van der Waals surface area contributed by atoms with E-state index in [1.54, 1.807) is 62.4 Å². The third kappa shape index (κ3) is 4.05. The second-order valence-electron chi connectivity index (χ2n) is 4.48. The molecular weight excluding hydrogens is 252 g/mol. The van der Waals surface area contributed by atoms with Crippen LogP contribution in [0.2, 0.25) is 0 Å². The summed E-state index contributed by atoms with van der Waals surface area (Å²) in [6, 6.07) is 6.74. The molecule has 1 aromatic rings. The van der Waals surface area contributed by atoms with Crippen LogP contribution >= 0.6 is 0 Å². The van der Waals surface area contributed by atoms with E-state index in [0.29, 0.717) is 16.7 Å². The predicted molar refractivity (Wildman–Crippen MR) is 79.9 cm³/mol. The average molecular weight is 270 g/mol. The lowest BCUT2D eigenvalue weighted by Gasteiger charge is -2.08. The number of aliphatic carboxylic acids is 1.